The van der Waals surface area contributed by atoms with Crippen molar-refractivity contribution in [3.05, 3.63) is 29.8 Å². The van der Waals surface area contributed by atoms with Crippen LogP contribution in [0.25, 0.3) is 0 Å². The van der Waals surface area contributed by atoms with Crippen LogP contribution in [0.1, 0.15) is 113 Å². The molecule has 1 fully saturated rings. The minimum Gasteiger partial charge on any atom is -0.464 e. The van der Waals surface area contributed by atoms with E-state index < -0.39 is 0 Å². The number of rotatable bonds is 6. The summed E-state index contributed by atoms with van der Waals surface area (Å²) in [7, 11) is 0. The summed E-state index contributed by atoms with van der Waals surface area (Å²) in [5.41, 5.74) is 1.85. The van der Waals surface area contributed by atoms with Crippen LogP contribution in [-0.2, 0) is 4.74 Å². The average molecular weight is 417 g/mol. The van der Waals surface area contributed by atoms with E-state index >= 15 is 0 Å². The Kier molecular flexibility index (Phi) is 8.11. The zero-order chi connectivity index (χ0) is 22.7. The van der Waals surface area contributed by atoms with E-state index in [1.54, 1.807) is 0 Å². The quantitative estimate of drug-likeness (QED) is 0.432. The van der Waals surface area contributed by atoms with Crippen molar-refractivity contribution in [2.45, 2.75) is 120 Å². The highest BCUT2D eigenvalue weighted by molar-refractivity contribution is 5.30. The van der Waals surface area contributed by atoms with Gasteiger partial charge in [0.1, 0.15) is 5.75 Å². The van der Waals surface area contributed by atoms with Crippen molar-refractivity contribution in [3.8, 4) is 5.75 Å². The number of hydrogen-bond acceptors (Lipinski definition) is 2. The first kappa shape index (κ1) is 25.2. The van der Waals surface area contributed by atoms with Crippen LogP contribution in [0.15, 0.2) is 24.3 Å². The Bertz CT molecular complexity index is 639. The maximum atomic E-state index is 6.55. The predicted octanol–water partition coefficient (Wildman–Crippen LogP) is 8.60. The highest BCUT2D eigenvalue weighted by atomic mass is 16.7. The molecule has 0 aliphatic heterocycles. The monoisotopic (exact) mass is 416 g/mol. The highest BCUT2D eigenvalue weighted by Crippen LogP contribution is 2.43. The van der Waals surface area contributed by atoms with Gasteiger partial charge < -0.3 is 9.47 Å². The average Bonchev–Trinajstić information content (AvgIpc) is 2.59. The Morgan fingerprint density at radius 2 is 1.40 bits per heavy atom. The van der Waals surface area contributed by atoms with Crippen molar-refractivity contribution in [3.63, 3.8) is 0 Å². The molecule has 4 atom stereocenters. The molecule has 1 aliphatic carbocycles. The predicted molar refractivity (Wildman–Crippen MR) is 129 cm³/mol. The molecule has 30 heavy (non-hydrogen) atoms. The summed E-state index contributed by atoms with van der Waals surface area (Å²) in [5, 5.41) is 0. The second-order valence-corrected chi connectivity index (χ2v) is 13.0. The first-order chi connectivity index (χ1) is 13.7. The third kappa shape index (κ3) is 7.59. The summed E-state index contributed by atoms with van der Waals surface area (Å²) in [5.74, 6) is 2.04. The molecule has 172 valence electrons. The van der Waals surface area contributed by atoms with Crippen molar-refractivity contribution in [1.29, 1.82) is 0 Å². The molecule has 2 heteroatoms. The van der Waals surface area contributed by atoms with Gasteiger partial charge >= 0.3 is 0 Å². The summed E-state index contributed by atoms with van der Waals surface area (Å²) in [4.78, 5) is 0. The van der Waals surface area contributed by atoms with Gasteiger partial charge in [-0.3, -0.25) is 0 Å². The molecule has 1 saturated carbocycles. The third-order valence-corrected chi connectivity index (χ3v) is 6.43. The lowest BCUT2D eigenvalue weighted by Crippen LogP contribution is -2.40. The SMILES string of the molecule is CC1CCCCC1OC(Oc1ccc(C(CC(C)(C)C)C(C)(C)C)cc1)C(C)(C)C. The van der Waals surface area contributed by atoms with Gasteiger partial charge in [-0.1, -0.05) is 94.2 Å². The molecule has 0 radical (unpaired) electrons. The molecule has 0 bridgehead atoms. The van der Waals surface area contributed by atoms with Gasteiger partial charge in [-0.25, -0.2) is 0 Å². The molecule has 0 N–H and O–H groups in total. The van der Waals surface area contributed by atoms with E-state index in [0.29, 0.717) is 23.4 Å². The Morgan fingerprint density at radius 3 is 1.87 bits per heavy atom. The van der Waals surface area contributed by atoms with Crippen LogP contribution in [0.5, 0.6) is 5.75 Å². The molecule has 0 spiro atoms. The molecule has 0 saturated heterocycles. The smallest absolute Gasteiger partial charge is 0.204 e. The van der Waals surface area contributed by atoms with Gasteiger partial charge in [0.15, 0.2) is 0 Å². The second kappa shape index (κ2) is 9.63. The number of hydrogen-bond donors (Lipinski definition) is 0. The molecule has 2 nitrogen and oxygen atoms in total. The molecule has 2 rings (SSSR count). The summed E-state index contributed by atoms with van der Waals surface area (Å²) < 4.78 is 13.0. The summed E-state index contributed by atoms with van der Waals surface area (Å²) in [6.07, 6.45) is 6.25. The van der Waals surface area contributed by atoms with Crippen molar-refractivity contribution in [1.82, 2.24) is 0 Å². The Morgan fingerprint density at radius 1 is 0.833 bits per heavy atom. The molecular formula is C28H48O2. The van der Waals surface area contributed by atoms with Gasteiger partial charge in [-0.05, 0) is 59.6 Å². The van der Waals surface area contributed by atoms with Crippen molar-refractivity contribution in [2.75, 3.05) is 0 Å². The molecule has 1 aromatic rings. The Balaban J connectivity index is 2.16. The van der Waals surface area contributed by atoms with Gasteiger partial charge in [-0.2, -0.15) is 0 Å². The minimum absolute atomic E-state index is 0.0734. The normalized spacial score (nSPS) is 23.1. The van der Waals surface area contributed by atoms with Crippen LogP contribution in [0.3, 0.4) is 0 Å². The first-order valence-electron chi connectivity index (χ1n) is 12.1. The molecular weight excluding hydrogens is 368 g/mol. The van der Waals surface area contributed by atoms with Crippen LogP contribution in [-0.4, -0.2) is 12.4 Å². The highest BCUT2D eigenvalue weighted by Gasteiger charge is 2.34. The van der Waals surface area contributed by atoms with Gasteiger partial charge in [0.05, 0.1) is 6.10 Å². The van der Waals surface area contributed by atoms with Crippen LogP contribution < -0.4 is 4.74 Å². The van der Waals surface area contributed by atoms with Crippen LogP contribution in [0, 0.1) is 22.2 Å². The van der Waals surface area contributed by atoms with E-state index in [-0.39, 0.29) is 17.1 Å². The number of ether oxygens (including phenoxy) is 2. The van der Waals surface area contributed by atoms with Crippen LogP contribution in [0.2, 0.25) is 0 Å². The minimum atomic E-state index is -0.234. The molecule has 1 aromatic carbocycles. The molecule has 0 amide bonds. The van der Waals surface area contributed by atoms with E-state index in [4.69, 9.17) is 9.47 Å². The molecule has 0 heterocycles. The van der Waals surface area contributed by atoms with Crippen LogP contribution >= 0.6 is 0 Å². The van der Waals surface area contributed by atoms with Gasteiger partial charge in [0.25, 0.3) is 0 Å². The Labute approximate surface area is 187 Å². The molecule has 1 aliphatic rings. The third-order valence-electron chi connectivity index (χ3n) is 6.43. The summed E-state index contributed by atoms with van der Waals surface area (Å²) >= 11 is 0. The zero-order valence-corrected chi connectivity index (χ0v) is 21.5. The van der Waals surface area contributed by atoms with Crippen molar-refractivity contribution in [2.24, 2.45) is 22.2 Å². The van der Waals surface area contributed by atoms with E-state index in [1.165, 1.54) is 31.2 Å². The fraction of sp³-hybridized carbons (Fsp3) is 0.786. The number of benzene rings is 1. The van der Waals surface area contributed by atoms with E-state index in [1.807, 2.05) is 0 Å². The van der Waals surface area contributed by atoms with E-state index in [0.717, 1.165) is 12.2 Å². The second-order valence-electron chi connectivity index (χ2n) is 13.0. The fourth-order valence-corrected chi connectivity index (χ4v) is 4.49. The topological polar surface area (TPSA) is 18.5 Å². The maximum absolute atomic E-state index is 6.55. The lowest BCUT2D eigenvalue weighted by Gasteiger charge is -2.38. The van der Waals surface area contributed by atoms with E-state index in [9.17, 15) is 0 Å². The zero-order valence-electron chi connectivity index (χ0n) is 21.5. The van der Waals surface area contributed by atoms with Gasteiger partial charge in [0.2, 0.25) is 6.29 Å². The standard InChI is InChI=1S/C28H48O2/c1-20-13-11-12-14-24(20)30-25(28(8,9)10)29-22-17-15-21(16-18-22)23(27(5,6)7)19-26(2,3)4/h15-18,20,23-25H,11-14,19H2,1-10H3. The van der Waals surface area contributed by atoms with Crippen LogP contribution in [0.4, 0.5) is 0 Å². The molecule has 4 unspecified atom stereocenters. The van der Waals surface area contributed by atoms with Crippen molar-refractivity contribution >= 4 is 0 Å². The van der Waals surface area contributed by atoms with Gasteiger partial charge in [0, 0.05) is 5.41 Å². The van der Waals surface area contributed by atoms with E-state index in [2.05, 4.69) is 93.5 Å². The van der Waals surface area contributed by atoms with Crippen molar-refractivity contribution < 1.29 is 9.47 Å². The van der Waals surface area contributed by atoms with Gasteiger partial charge in [-0.15, -0.1) is 0 Å². The lowest BCUT2D eigenvalue weighted by molar-refractivity contribution is -0.188. The first-order valence-corrected chi connectivity index (χ1v) is 12.1. The lowest BCUT2D eigenvalue weighted by atomic mass is 9.69. The molecule has 0 aromatic heterocycles. The Hall–Kier alpha value is -1.02. The summed E-state index contributed by atoms with van der Waals surface area (Å²) in [6, 6.07) is 8.81. The fourth-order valence-electron chi connectivity index (χ4n) is 4.49. The summed E-state index contributed by atoms with van der Waals surface area (Å²) in [6.45, 7) is 23.0. The largest absolute Gasteiger partial charge is 0.464 e. The maximum Gasteiger partial charge on any atom is 0.204 e.